The van der Waals surface area contributed by atoms with Gasteiger partial charge in [0.05, 0.1) is 23.1 Å². The van der Waals surface area contributed by atoms with E-state index in [1.165, 1.54) is 0 Å². The molecule has 0 fully saturated rings. The molecule has 0 spiro atoms. The van der Waals surface area contributed by atoms with Gasteiger partial charge in [0.1, 0.15) is 23.2 Å². The largest absolute Gasteiger partial charge is 0.460 e. The Labute approximate surface area is 156 Å². The van der Waals surface area contributed by atoms with Crippen molar-refractivity contribution in [1.29, 1.82) is 0 Å². The van der Waals surface area contributed by atoms with Crippen molar-refractivity contribution in [3.63, 3.8) is 0 Å². The lowest BCUT2D eigenvalue weighted by Gasteiger charge is -2.23. The number of nitrogens with zero attached hydrogens (tertiary/aromatic N) is 3. The molecule has 7 heteroatoms. The molecule has 25 heavy (non-hydrogen) atoms. The number of hydrogen-bond acceptors (Lipinski definition) is 4. The maximum Gasteiger partial charge on any atom is 0.147 e. The Balaban J connectivity index is 1.39. The number of rotatable bonds is 4. The van der Waals surface area contributed by atoms with Crippen LogP contribution in [0.4, 0.5) is 0 Å². The lowest BCUT2D eigenvalue weighted by molar-refractivity contribution is 0.345. The first kappa shape index (κ1) is 16.6. The summed E-state index contributed by atoms with van der Waals surface area (Å²) in [5.74, 6) is 3.60. The molecule has 1 atom stereocenters. The van der Waals surface area contributed by atoms with E-state index in [0.717, 1.165) is 48.1 Å². The van der Waals surface area contributed by atoms with Crippen LogP contribution in [0, 0.1) is 6.92 Å². The van der Waals surface area contributed by atoms with Gasteiger partial charge >= 0.3 is 0 Å². The lowest BCUT2D eigenvalue weighted by Crippen LogP contribution is -2.37. The lowest BCUT2D eigenvalue weighted by atomic mass is 10.1. The van der Waals surface area contributed by atoms with E-state index < -0.39 is 0 Å². The first-order valence-electron chi connectivity index (χ1n) is 8.26. The van der Waals surface area contributed by atoms with E-state index in [4.69, 9.17) is 27.6 Å². The molecule has 1 aliphatic heterocycles. The zero-order chi connectivity index (χ0) is 17.4. The van der Waals surface area contributed by atoms with Gasteiger partial charge in [-0.1, -0.05) is 23.2 Å². The van der Waals surface area contributed by atoms with Crippen LogP contribution in [0.3, 0.4) is 0 Å². The first-order chi connectivity index (χ1) is 12.1. The topological polar surface area (TPSA) is 55.9 Å². The minimum Gasteiger partial charge on any atom is -0.460 e. The Morgan fingerprint density at radius 1 is 1.24 bits per heavy atom. The number of hydrogen-bond donors (Lipinski definition) is 1. The highest BCUT2D eigenvalue weighted by Gasteiger charge is 2.20. The fourth-order valence-electron chi connectivity index (χ4n) is 3.12. The molecule has 0 bridgehead atoms. The van der Waals surface area contributed by atoms with Crippen LogP contribution in [0.5, 0.6) is 0 Å². The third-order valence-corrected chi connectivity index (χ3v) is 5.13. The number of benzene rings is 1. The molecule has 0 saturated carbocycles. The molecule has 0 radical (unpaired) electrons. The van der Waals surface area contributed by atoms with Crippen LogP contribution in [0.1, 0.15) is 23.8 Å². The van der Waals surface area contributed by atoms with E-state index in [0.29, 0.717) is 22.6 Å². The Morgan fingerprint density at radius 3 is 2.96 bits per heavy atom. The molecule has 1 unspecified atom stereocenters. The Hall–Kier alpha value is -1.82. The molecule has 1 N–H and O–H groups in total. The van der Waals surface area contributed by atoms with Crippen molar-refractivity contribution < 1.29 is 4.42 Å². The van der Waals surface area contributed by atoms with Gasteiger partial charge in [0, 0.05) is 18.0 Å². The van der Waals surface area contributed by atoms with Gasteiger partial charge in [-0.15, -0.1) is 0 Å². The van der Waals surface area contributed by atoms with E-state index in [2.05, 4.69) is 15.4 Å². The SMILES string of the molecule is Cc1nc2n(n1)CC(NCc1ccc(-c3ccc(Cl)c(Cl)c3)o1)CC2. The predicted octanol–water partition coefficient (Wildman–Crippen LogP) is 4.26. The molecule has 1 aromatic carbocycles. The summed E-state index contributed by atoms with van der Waals surface area (Å²) in [6.45, 7) is 3.45. The third-order valence-electron chi connectivity index (χ3n) is 4.39. The van der Waals surface area contributed by atoms with E-state index in [9.17, 15) is 0 Å². The van der Waals surface area contributed by atoms with Gasteiger partial charge < -0.3 is 9.73 Å². The van der Waals surface area contributed by atoms with Gasteiger partial charge in [-0.3, -0.25) is 0 Å². The molecule has 3 aromatic rings. The van der Waals surface area contributed by atoms with E-state index in [1.54, 1.807) is 6.07 Å². The van der Waals surface area contributed by atoms with Crippen molar-refractivity contribution >= 4 is 23.2 Å². The number of furan rings is 1. The minimum atomic E-state index is 0.368. The molecule has 1 aliphatic rings. The van der Waals surface area contributed by atoms with Gasteiger partial charge in [-0.05, 0) is 43.7 Å². The van der Waals surface area contributed by atoms with Crippen LogP contribution in [0.2, 0.25) is 10.0 Å². The van der Waals surface area contributed by atoms with Crippen molar-refractivity contribution in [1.82, 2.24) is 20.1 Å². The van der Waals surface area contributed by atoms with Crippen molar-refractivity contribution in [2.75, 3.05) is 0 Å². The minimum absolute atomic E-state index is 0.368. The zero-order valence-corrected chi connectivity index (χ0v) is 15.3. The molecule has 0 amide bonds. The third kappa shape index (κ3) is 3.59. The average Bonchev–Trinajstić information content (AvgIpc) is 3.20. The molecule has 5 nitrogen and oxygen atoms in total. The number of nitrogens with one attached hydrogen (secondary N) is 1. The Bertz CT molecular complexity index is 902. The summed E-state index contributed by atoms with van der Waals surface area (Å²) in [5.41, 5.74) is 0.918. The molecule has 3 heterocycles. The summed E-state index contributed by atoms with van der Waals surface area (Å²) >= 11 is 12.0. The predicted molar refractivity (Wildman–Crippen MR) is 97.9 cm³/mol. The van der Waals surface area contributed by atoms with E-state index >= 15 is 0 Å². The fraction of sp³-hybridized carbons (Fsp3) is 0.333. The summed E-state index contributed by atoms with van der Waals surface area (Å²) in [7, 11) is 0. The summed E-state index contributed by atoms with van der Waals surface area (Å²) in [5, 5.41) is 9.04. The molecule has 0 saturated heterocycles. The second-order valence-corrected chi connectivity index (χ2v) is 7.08. The summed E-state index contributed by atoms with van der Waals surface area (Å²) < 4.78 is 7.93. The number of halogens is 2. The van der Waals surface area contributed by atoms with Gasteiger partial charge in [0.15, 0.2) is 0 Å². The summed E-state index contributed by atoms with van der Waals surface area (Å²) in [6.07, 6.45) is 2.00. The number of aryl methyl sites for hydroxylation is 2. The van der Waals surface area contributed by atoms with Crippen LogP contribution in [0.25, 0.3) is 11.3 Å². The van der Waals surface area contributed by atoms with Crippen LogP contribution in [-0.4, -0.2) is 20.8 Å². The number of aromatic nitrogens is 3. The highest BCUT2D eigenvalue weighted by atomic mass is 35.5. The summed E-state index contributed by atoms with van der Waals surface area (Å²) in [4.78, 5) is 4.44. The smallest absolute Gasteiger partial charge is 0.147 e. The second-order valence-electron chi connectivity index (χ2n) is 6.27. The molecule has 130 valence electrons. The van der Waals surface area contributed by atoms with Gasteiger partial charge in [-0.25, -0.2) is 9.67 Å². The van der Waals surface area contributed by atoms with E-state index in [-0.39, 0.29) is 0 Å². The van der Waals surface area contributed by atoms with Crippen LogP contribution < -0.4 is 5.32 Å². The highest BCUT2D eigenvalue weighted by molar-refractivity contribution is 6.42. The Kier molecular flexibility index (Phi) is 4.54. The monoisotopic (exact) mass is 376 g/mol. The molecule has 4 rings (SSSR count). The fourth-order valence-corrected chi connectivity index (χ4v) is 3.42. The maximum absolute atomic E-state index is 6.08. The van der Waals surface area contributed by atoms with E-state index in [1.807, 2.05) is 35.9 Å². The maximum atomic E-state index is 6.08. The van der Waals surface area contributed by atoms with Gasteiger partial charge in [-0.2, -0.15) is 5.10 Å². The molecular weight excluding hydrogens is 359 g/mol. The molecule has 0 aliphatic carbocycles. The highest BCUT2D eigenvalue weighted by Crippen LogP contribution is 2.29. The zero-order valence-electron chi connectivity index (χ0n) is 13.8. The van der Waals surface area contributed by atoms with Gasteiger partial charge in [0.25, 0.3) is 0 Å². The van der Waals surface area contributed by atoms with Crippen LogP contribution >= 0.6 is 23.2 Å². The molecular formula is C18H18Cl2N4O. The average molecular weight is 377 g/mol. The van der Waals surface area contributed by atoms with Crippen molar-refractivity contribution in [3.05, 3.63) is 57.8 Å². The summed E-state index contributed by atoms with van der Waals surface area (Å²) in [6, 6.07) is 9.80. The van der Waals surface area contributed by atoms with Crippen LogP contribution in [0.15, 0.2) is 34.7 Å². The number of fused-ring (bicyclic) bond motifs is 1. The van der Waals surface area contributed by atoms with Crippen LogP contribution in [-0.2, 0) is 19.5 Å². The molecule has 2 aromatic heterocycles. The second kappa shape index (κ2) is 6.83. The van der Waals surface area contributed by atoms with Crippen molar-refractivity contribution in [3.8, 4) is 11.3 Å². The first-order valence-corrected chi connectivity index (χ1v) is 9.02. The Morgan fingerprint density at radius 2 is 2.12 bits per heavy atom. The standard InChI is InChI=1S/C18H18Cl2N4O/c1-11-22-18-7-3-13(10-24(18)23-11)21-9-14-4-6-17(25-14)12-2-5-15(19)16(20)8-12/h2,4-6,8,13,21H,3,7,9-10H2,1H3. The van der Waals surface area contributed by atoms with Crippen molar-refractivity contribution in [2.45, 2.75) is 38.9 Å². The van der Waals surface area contributed by atoms with Gasteiger partial charge in [0.2, 0.25) is 0 Å². The normalized spacial score (nSPS) is 16.8. The van der Waals surface area contributed by atoms with Crippen molar-refractivity contribution in [2.24, 2.45) is 0 Å². The quantitative estimate of drug-likeness (QED) is 0.738.